The van der Waals surface area contributed by atoms with E-state index in [1.807, 2.05) is 52.5 Å². The number of unbranched alkanes of at least 4 members (excludes halogenated alkanes) is 1. The lowest BCUT2D eigenvalue weighted by atomic mass is 9.99. The second-order valence-corrected chi connectivity index (χ2v) is 7.70. The normalized spacial score (nSPS) is 11.0. The Morgan fingerprint density at radius 2 is 1.67 bits per heavy atom. The maximum absolute atomic E-state index is 13.1. The average molecular weight is 407 g/mol. The summed E-state index contributed by atoms with van der Waals surface area (Å²) in [5, 5.41) is 9.44. The molecular weight excluding hydrogens is 376 g/mol. The molecule has 2 aromatic carbocycles. The van der Waals surface area contributed by atoms with Crippen LogP contribution in [0.2, 0.25) is 0 Å². The molecule has 0 saturated heterocycles. The second-order valence-electron chi connectivity index (χ2n) is 7.70. The van der Waals surface area contributed by atoms with Crippen molar-refractivity contribution < 1.29 is 9.90 Å². The van der Waals surface area contributed by atoms with E-state index >= 15 is 0 Å². The van der Waals surface area contributed by atoms with Crippen LogP contribution < -0.4 is 5.69 Å². The first kappa shape index (κ1) is 21.6. The van der Waals surface area contributed by atoms with Crippen LogP contribution in [0, 0.1) is 6.92 Å². The van der Waals surface area contributed by atoms with Gasteiger partial charge in [-0.1, -0.05) is 69.2 Å². The van der Waals surface area contributed by atoms with E-state index in [4.69, 9.17) is 0 Å². The molecule has 1 N–H and O–H groups in total. The zero-order chi connectivity index (χ0) is 21.7. The van der Waals surface area contributed by atoms with Crippen molar-refractivity contribution in [1.29, 1.82) is 0 Å². The van der Waals surface area contributed by atoms with E-state index in [0.29, 0.717) is 12.1 Å². The predicted octanol–water partition coefficient (Wildman–Crippen LogP) is 5.12. The van der Waals surface area contributed by atoms with Gasteiger partial charge in [0.1, 0.15) is 0 Å². The fourth-order valence-corrected chi connectivity index (χ4v) is 3.94. The Hall–Kier alpha value is -3.08. The van der Waals surface area contributed by atoms with Gasteiger partial charge in [0, 0.05) is 17.9 Å². The van der Waals surface area contributed by atoms with E-state index in [-0.39, 0.29) is 11.3 Å². The van der Waals surface area contributed by atoms with Crippen molar-refractivity contribution in [2.24, 2.45) is 0 Å². The molecule has 0 spiro atoms. The average Bonchev–Trinajstić information content (AvgIpc) is 2.97. The van der Waals surface area contributed by atoms with Crippen molar-refractivity contribution in [2.45, 2.75) is 59.5 Å². The molecule has 0 atom stereocenters. The van der Waals surface area contributed by atoms with Crippen molar-refractivity contribution >= 4 is 5.97 Å². The molecule has 0 amide bonds. The third kappa shape index (κ3) is 4.40. The van der Waals surface area contributed by atoms with E-state index in [2.05, 4.69) is 13.8 Å². The van der Waals surface area contributed by atoms with Crippen molar-refractivity contribution in [2.75, 3.05) is 0 Å². The lowest BCUT2D eigenvalue weighted by Crippen LogP contribution is -2.26. The first-order valence-corrected chi connectivity index (χ1v) is 10.7. The van der Waals surface area contributed by atoms with E-state index in [9.17, 15) is 14.7 Å². The number of nitrogens with zero attached hydrogens (tertiary/aromatic N) is 2. The fourth-order valence-electron chi connectivity index (χ4n) is 3.94. The van der Waals surface area contributed by atoms with Crippen LogP contribution >= 0.6 is 0 Å². The smallest absolute Gasteiger partial charge is 0.336 e. The number of rotatable bonds is 9. The van der Waals surface area contributed by atoms with Crippen LogP contribution in [0.25, 0.3) is 11.1 Å². The molecule has 0 saturated carbocycles. The maximum Gasteiger partial charge on any atom is 0.336 e. The highest BCUT2D eigenvalue weighted by Gasteiger charge is 2.16. The largest absolute Gasteiger partial charge is 0.478 e. The van der Waals surface area contributed by atoms with Crippen molar-refractivity contribution in [1.82, 2.24) is 9.13 Å². The van der Waals surface area contributed by atoms with Gasteiger partial charge >= 0.3 is 11.7 Å². The standard InChI is InChI=1S/C25H30N2O3/c1-4-6-16-26-18(3)23(9-5-2)27(25(26)30)17-19-12-14-20(15-13-19)21-10-7-8-11-22(21)24(28)29/h7-8,10-15H,4-6,9,16-17H2,1-3H3,(H,28,29). The monoisotopic (exact) mass is 406 g/mol. The minimum atomic E-state index is -0.936. The van der Waals surface area contributed by atoms with Crippen molar-refractivity contribution in [3.63, 3.8) is 0 Å². The van der Waals surface area contributed by atoms with Crippen LogP contribution in [-0.4, -0.2) is 20.2 Å². The number of benzene rings is 2. The highest BCUT2D eigenvalue weighted by atomic mass is 16.4. The quantitative estimate of drug-likeness (QED) is 0.536. The summed E-state index contributed by atoms with van der Waals surface area (Å²) in [6.07, 6.45) is 3.92. The number of hydrogen-bond acceptors (Lipinski definition) is 2. The van der Waals surface area contributed by atoms with E-state index in [1.165, 1.54) is 0 Å². The third-order valence-corrected chi connectivity index (χ3v) is 5.60. The minimum absolute atomic E-state index is 0.0599. The van der Waals surface area contributed by atoms with Gasteiger partial charge in [-0.25, -0.2) is 9.59 Å². The fraction of sp³-hybridized carbons (Fsp3) is 0.360. The number of carboxylic acid groups (broad SMARTS) is 1. The Morgan fingerprint density at radius 3 is 2.30 bits per heavy atom. The molecule has 3 aromatic rings. The van der Waals surface area contributed by atoms with Gasteiger partial charge in [0.15, 0.2) is 0 Å². The first-order chi connectivity index (χ1) is 14.5. The highest BCUT2D eigenvalue weighted by Crippen LogP contribution is 2.24. The summed E-state index contributed by atoms with van der Waals surface area (Å²) in [4.78, 5) is 24.6. The SMILES string of the molecule is CCCCn1c(C)c(CCC)n(Cc2ccc(-c3ccccc3C(=O)O)cc2)c1=O. The molecular formula is C25H30N2O3. The van der Waals surface area contributed by atoms with E-state index in [1.54, 1.807) is 12.1 Å². The second kappa shape index (κ2) is 9.61. The van der Waals surface area contributed by atoms with Gasteiger partial charge in [0.05, 0.1) is 12.1 Å². The molecule has 0 radical (unpaired) electrons. The number of aromatic carboxylic acids is 1. The number of carboxylic acids is 1. The summed E-state index contributed by atoms with van der Waals surface area (Å²) in [6.45, 7) is 7.59. The molecule has 0 aliphatic rings. The van der Waals surface area contributed by atoms with Crippen molar-refractivity contribution in [3.8, 4) is 11.1 Å². The van der Waals surface area contributed by atoms with Gasteiger partial charge in [0.25, 0.3) is 0 Å². The first-order valence-electron chi connectivity index (χ1n) is 10.7. The van der Waals surface area contributed by atoms with Crippen LogP contribution in [-0.2, 0) is 19.5 Å². The molecule has 1 heterocycles. The molecule has 0 aliphatic heterocycles. The number of imidazole rings is 1. The van der Waals surface area contributed by atoms with Gasteiger partial charge in [-0.3, -0.25) is 9.13 Å². The molecule has 158 valence electrons. The lowest BCUT2D eigenvalue weighted by molar-refractivity contribution is 0.0697. The van der Waals surface area contributed by atoms with Crippen LogP contribution in [0.5, 0.6) is 0 Å². The summed E-state index contributed by atoms with van der Waals surface area (Å²) < 4.78 is 3.81. The molecule has 3 rings (SSSR count). The van der Waals surface area contributed by atoms with Gasteiger partial charge in [-0.15, -0.1) is 0 Å². The third-order valence-electron chi connectivity index (χ3n) is 5.60. The molecule has 5 nitrogen and oxygen atoms in total. The molecule has 0 fully saturated rings. The Morgan fingerprint density at radius 1 is 0.967 bits per heavy atom. The zero-order valence-corrected chi connectivity index (χ0v) is 18.0. The Kier molecular flexibility index (Phi) is 6.93. The van der Waals surface area contributed by atoms with Crippen LogP contribution in [0.15, 0.2) is 53.3 Å². The molecule has 30 heavy (non-hydrogen) atoms. The van der Waals surface area contributed by atoms with Crippen LogP contribution in [0.1, 0.15) is 60.4 Å². The molecule has 0 unspecified atom stereocenters. The number of aromatic nitrogens is 2. The zero-order valence-electron chi connectivity index (χ0n) is 18.0. The number of carbonyl (C=O) groups is 1. The van der Waals surface area contributed by atoms with Crippen LogP contribution in [0.4, 0.5) is 0 Å². The van der Waals surface area contributed by atoms with E-state index in [0.717, 1.165) is 54.7 Å². The molecule has 1 aromatic heterocycles. The summed E-state index contributed by atoms with van der Waals surface area (Å²) >= 11 is 0. The Balaban J connectivity index is 1.92. The molecule has 0 aliphatic carbocycles. The summed E-state index contributed by atoms with van der Waals surface area (Å²) in [7, 11) is 0. The summed E-state index contributed by atoms with van der Waals surface area (Å²) in [5.74, 6) is -0.936. The lowest BCUT2D eigenvalue weighted by Gasteiger charge is -2.10. The Bertz CT molecular complexity index is 1070. The predicted molar refractivity (Wildman–Crippen MR) is 120 cm³/mol. The topological polar surface area (TPSA) is 64.2 Å². The van der Waals surface area contributed by atoms with E-state index < -0.39 is 5.97 Å². The minimum Gasteiger partial charge on any atom is -0.478 e. The van der Waals surface area contributed by atoms with Gasteiger partial charge in [-0.2, -0.15) is 0 Å². The summed E-state index contributed by atoms with van der Waals surface area (Å²) in [5.41, 5.74) is 5.11. The highest BCUT2D eigenvalue weighted by molar-refractivity contribution is 5.95. The van der Waals surface area contributed by atoms with Gasteiger partial charge in [0.2, 0.25) is 0 Å². The van der Waals surface area contributed by atoms with Gasteiger partial charge in [-0.05, 0) is 42.5 Å². The Labute approximate surface area is 177 Å². The molecule has 5 heteroatoms. The maximum atomic E-state index is 13.1. The van der Waals surface area contributed by atoms with Crippen LogP contribution in [0.3, 0.4) is 0 Å². The van der Waals surface area contributed by atoms with Gasteiger partial charge < -0.3 is 5.11 Å². The van der Waals surface area contributed by atoms with Crippen molar-refractivity contribution in [3.05, 3.63) is 81.5 Å². The summed E-state index contributed by atoms with van der Waals surface area (Å²) in [6, 6.07) is 14.8. The molecule has 0 bridgehead atoms. The number of hydrogen-bond donors (Lipinski definition) is 1.